The minimum absolute atomic E-state index is 0.760. The second-order valence-electron chi connectivity index (χ2n) is 16.9. The summed E-state index contributed by atoms with van der Waals surface area (Å²) < 4.78 is 16.0. The van der Waals surface area contributed by atoms with Gasteiger partial charge in [-0.2, -0.15) is 0 Å². The maximum Gasteiger partial charge on any atom is 0.118 e. The summed E-state index contributed by atoms with van der Waals surface area (Å²) in [7, 11) is 3.43. The van der Waals surface area contributed by atoms with E-state index in [2.05, 4.69) is 165 Å². The molecule has 8 heteroatoms. The molecule has 0 aliphatic carbocycles. The molecule has 1 aliphatic heterocycles. The fourth-order valence-corrected chi connectivity index (χ4v) is 9.74. The van der Waals surface area contributed by atoms with Crippen LogP contribution >= 0.6 is 0 Å². The van der Waals surface area contributed by atoms with Gasteiger partial charge in [0.25, 0.3) is 0 Å². The summed E-state index contributed by atoms with van der Waals surface area (Å²) in [5, 5.41) is 4.97. The molecule has 1 aliphatic rings. The molecular weight excluding hydrogens is 789 g/mol. The second kappa shape index (κ2) is 17.1. The normalized spacial score (nSPS) is 13.7. The van der Waals surface area contributed by atoms with Gasteiger partial charge < -0.3 is 18.6 Å². The van der Waals surface area contributed by atoms with Crippen LogP contribution in [0.1, 0.15) is 22.5 Å². The molecule has 0 radical (unpaired) electrons. The van der Waals surface area contributed by atoms with E-state index in [0.717, 1.165) is 109 Å². The van der Waals surface area contributed by atoms with Crippen molar-refractivity contribution >= 4 is 43.6 Å². The summed E-state index contributed by atoms with van der Waals surface area (Å²) >= 11 is 0. The molecule has 10 aromatic rings. The highest BCUT2D eigenvalue weighted by Crippen LogP contribution is 2.39. The number of aromatic nitrogens is 4. The Balaban J connectivity index is 0.903. The lowest BCUT2D eigenvalue weighted by Crippen LogP contribution is -2.45. The quantitative estimate of drug-likeness (QED) is 0.122. The van der Waals surface area contributed by atoms with E-state index in [1.807, 2.05) is 24.3 Å². The van der Waals surface area contributed by atoms with Crippen molar-refractivity contribution < 1.29 is 9.47 Å². The van der Waals surface area contributed by atoms with Crippen molar-refractivity contribution in [3.63, 3.8) is 0 Å². The third kappa shape index (κ3) is 7.55. The van der Waals surface area contributed by atoms with Gasteiger partial charge in [-0.1, -0.05) is 97.1 Å². The smallest absolute Gasteiger partial charge is 0.118 e. The van der Waals surface area contributed by atoms with E-state index < -0.39 is 0 Å². The number of pyridine rings is 2. The molecule has 0 N–H and O–H groups in total. The summed E-state index contributed by atoms with van der Waals surface area (Å²) in [6.45, 7) is 6.84. The van der Waals surface area contributed by atoms with Gasteiger partial charge in [-0.3, -0.25) is 9.80 Å². The van der Waals surface area contributed by atoms with Gasteiger partial charge in [-0.05, 0) is 83.9 Å². The highest BCUT2D eigenvalue weighted by atomic mass is 16.5. The number of nitrogens with zero attached hydrogens (tertiary/aromatic N) is 6. The van der Waals surface area contributed by atoms with Crippen LogP contribution in [-0.2, 0) is 26.2 Å². The number of rotatable bonds is 12. The van der Waals surface area contributed by atoms with Crippen LogP contribution in [-0.4, -0.2) is 69.3 Å². The van der Waals surface area contributed by atoms with Crippen molar-refractivity contribution in [3.05, 3.63) is 192 Å². The Bertz CT molecular complexity index is 3020. The van der Waals surface area contributed by atoms with Gasteiger partial charge in [-0.25, -0.2) is 9.97 Å². The molecule has 0 bridgehead atoms. The number of hydrogen-bond acceptors (Lipinski definition) is 6. The van der Waals surface area contributed by atoms with Crippen molar-refractivity contribution in [2.75, 3.05) is 40.4 Å². The lowest BCUT2D eigenvalue weighted by molar-refractivity contribution is 0.120. The van der Waals surface area contributed by atoms with E-state index in [-0.39, 0.29) is 0 Å². The fourth-order valence-electron chi connectivity index (χ4n) is 9.74. The Morgan fingerprint density at radius 3 is 1.17 bits per heavy atom. The molecule has 1 saturated heterocycles. The van der Waals surface area contributed by atoms with Gasteiger partial charge in [0.05, 0.1) is 48.0 Å². The zero-order valence-corrected chi connectivity index (χ0v) is 36.3. The van der Waals surface area contributed by atoms with E-state index >= 15 is 0 Å². The predicted octanol–water partition coefficient (Wildman–Crippen LogP) is 11.5. The number of fused-ring (bicyclic) bond motifs is 6. The first-order valence-corrected chi connectivity index (χ1v) is 22.2. The second-order valence-corrected chi connectivity index (χ2v) is 16.9. The molecule has 0 spiro atoms. The number of para-hydroxylation sites is 2. The van der Waals surface area contributed by atoms with E-state index in [1.54, 1.807) is 14.2 Å². The zero-order valence-electron chi connectivity index (χ0n) is 36.3. The zero-order chi connectivity index (χ0) is 43.0. The highest BCUT2D eigenvalue weighted by molar-refractivity contribution is 6.13. The van der Waals surface area contributed by atoms with Gasteiger partial charge in [0.15, 0.2) is 0 Å². The maximum absolute atomic E-state index is 5.56. The van der Waals surface area contributed by atoms with Crippen molar-refractivity contribution in [1.29, 1.82) is 0 Å². The number of hydrogen-bond donors (Lipinski definition) is 0. The molecule has 64 heavy (non-hydrogen) atoms. The van der Waals surface area contributed by atoms with Crippen LogP contribution in [0.25, 0.3) is 66.1 Å². The molecular formula is C56H50N6O2. The minimum atomic E-state index is 0.760. The van der Waals surface area contributed by atoms with Crippen LogP contribution in [0.15, 0.2) is 170 Å². The van der Waals surface area contributed by atoms with Crippen LogP contribution in [0.5, 0.6) is 11.5 Å². The number of piperazine rings is 1. The average molecular weight is 839 g/mol. The minimum Gasteiger partial charge on any atom is -0.497 e. The van der Waals surface area contributed by atoms with Crippen molar-refractivity contribution in [2.45, 2.75) is 26.2 Å². The number of methoxy groups -OCH3 is 2. The largest absolute Gasteiger partial charge is 0.497 e. The van der Waals surface area contributed by atoms with E-state index in [9.17, 15) is 0 Å². The standard InChI is InChI=1S/C56H50N6O2/c1-63-45-25-21-41(22-26-45)53-55-49(47-17-9-11-19-51(47)61(55)35-39-13-5-3-6-14-39)33-43(57-53)37-59-29-31-60(32-30-59)38-44-34-50-48-18-10-12-20-52(48)62(36-40-15-7-4-8-16-40)56(50)54(58-44)42-23-27-46(64-2)28-24-42/h3-28,33-34H,29-32,35-38H2,1-2H3. The van der Waals surface area contributed by atoms with Crippen molar-refractivity contribution in [2.24, 2.45) is 0 Å². The molecule has 11 rings (SSSR count). The van der Waals surface area contributed by atoms with E-state index in [1.165, 1.54) is 43.7 Å². The van der Waals surface area contributed by atoms with Crippen molar-refractivity contribution in [1.82, 2.24) is 28.9 Å². The first-order valence-electron chi connectivity index (χ1n) is 22.2. The molecule has 6 aromatic carbocycles. The first kappa shape index (κ1) is 39.6. The Morgan fingerprint density at radius 2 is 0.781 bits per heavy atom. The van der Waals surface area contributed by atoms with Crippen LogP contribution in [0, 0.1) is 0 Å². The van der Waals surface area contributed by atoms with Crippen LogP contribution < -0.4 is 9.47 Å². The molecule has 0 saturated carbocycles. The maximum atomic E-state index is 5.56. The third-order valence-electron chi connectivity index (χ3n) is 12.9. The summed E-state index contributed by atoms with van der Waals surface area (Å²) in [4.78, 5) is 16.1. The van der Waals surface area contributed by atoms with E-state index in [0.29, 0.717) is 0 Å². The number of ether oxygens (including phenoxy) is 2. The Hall–Kier alpha value is -7.26. The molecule has 8 nitrogen and oxygen atoms in total. The summed E-state index contributed by atoms with van der Waals surface area (Å²) in [5.41, 5.74) is 13.6. The number of benzene rings is 6. The topological polar surface area (TPSA) is 60.6 Å². The van der Waals surface area contributed by atoms with Crippen molar-refractivity contribution in [3.8, 4) is 34.0 Å². The summed E-state index contributed by atoms with van der Waals surface area (Å²) in [6.07, 6.45) is 0. The summed E-state index contributed by atoms with van der Waals surface area (Å²) in [6, 6.07) is 60.4. The molecule has 0 unspecified atom stereocenters. The first-order chi connectivity index (χ1) is 31.6. The Kier molecular flexibility index (Phi) is 10.6. The van der Waals surface area contributed by atoms with Crippen LogP contribution in [0.2, 0.25) is 0 Å². The van der Waals surface area contributed by atoms with Gasteiger partial charge in [-0.15, -0.1) is 0 Å². The Morgan fingerprint density at radius 1 is 0.406 bits per heavy atom. The lowest BCUT2D eigenvalue weighted by atomic mass is 10.1. The third-order valence-corrected chi connectivity index (χ3v) is 12.9. The van der Waals surface area contributed by atoms with Gasteiger partial charge >= 0.3 is 0 Å². The molecule has 5 heterocycles. The van der Waals surface area contributed by atoms with Crippen LogP contribution in [0.4, 0.5) is 0 Å². The van der Waals surface area contributed by atoms with Gasteiger partial charge in [0.2, 0.25) is 0 Å². The SMILES string of the molecule is COc1ccc(-c2nc(CN3CCN(Cc4cc5c6ccccc6n(Cc6ccccc6)c5c(-c5ccc(OC)cc5)n4)CC3)cc3c4ccccc4n(Cc4ccccc4)c23)cc1. The predicted molar refractivity (Wildman–Crippen MR) is 260 cm³/mol. The summed E-state index contributed by atoms with van der Waals surface area (Å²) in [5.74, 6) is 1.67. The Labute approximate surface area is 373 Å². The van der Waals surface area contributed by atoms with Gasteiger partial charge in [0, 0.05) is 96.1 Å². The fraction of sp³-hybridized carbons (Fsp3) is 0.179. The average Bonchev–Trinajstić information content (AvgIpc) is 3.84. The van der Waals surface area contributed by atoms with Crippen LogP contribution in [0.3, 0.4) is 0 Å². The molecule has 4 aromatic heterocycles. The molecule has 0 amide bonds. The molecule has 1 fully saturated rings. The highest BCUT2D eigenvalue weighted by Gasteiger charge is 2.24. The molecule has 0 atom stereocenters. The lowest BCUT2D eigenvalue weighted by Gasteiger charge is -2.34. The van der Waals surface area contributed by atoms with Gasteiger partial charge in [0.1, 0.15) is 11.5 Å². The monoisotopic (exact) mass is 838 g/mol. The van der Waals surface area contributed by atoms with E-state index in [4.69, 9.17) is 19.4 Å². The molecule has 316 valence electrons.